The molecule has 0 aromatic heterocycles. The maximum Gasteiger partial charge on any atom is 0.254 e. The highest BCUT2D eigenvalue weighted by molar-refractivity contribution is 7.92. The summed E-state index contributed by atoms with van der Waals surface area (Å²) in [4.78, 5) is 14.4. The average molecular weight is 426 g/mol. The maximum atomic E-state index is 12.8. The van der Waals surface area contributed by atoms with Gasteiger partial charge in [0.25, 0.3) is 5.91 Å². The van der Waals surface area contributed by atoms with Crippen molar-refractivity contribution in [1.82, 2.24) is 4.90 Å². The van der Waals surface area contributed by atoms with Crippen LogP contribution in [0.2, 0.25) is 5.02 Å². The van der Waals surface area contributed by atoms with Gasteiger partial charge in [-0.3, -0.25) is 4.79 Å². The number of methoxy groups -OCH3 is 3. The van der Waals surface area contributed by atoms with Crippen molar-refractivity contribution in [2.24, 2.45) is 0 Å². The Labute approximate surface area is 168 Å². The molecular weight excluding hydrogens is 406 g/mol. The SMILES string of the molecule is COc1cc(C(=O)N2CC(S(=O)(=O)c3ccc(Cl)cc3)C2)cc(OC)c1OC. The molecule has 1 aliphatic rings. The largest absolute Gasteiger partial charge is 0.493 e. The van der Waals surface area contributed by atoms with Crippen LogP contribution in [0.1, 0.15) is 10.4 Å². The van der Waals surface area contributed by atoms with E-state index in [1.54, 1.807) is 12.1 Å². The first kappa shape index (κ1) is 20.3. The molecule has 0 radical (unpaired) electrons. The van der Waals surface area contributed by atoms with Gasteiger partial charge in [-0.15, -0.1) is 0 Å². The van der Waals surface area contributed by atoms with Gasteiger partial charge in [-0.05, 0) is 36.4 Å². The minimum absolute atomic E-state index is 0.112. The smallest absolute Gasteiger partial charge is 0.254 e. The third kappa shape index (κ3) is 3.62. The Bertz CT molecular complexity index is 959. The highest BCUT2D eigenvalue weighted by Gasteiger charge is 2.41. The topological polar surface area (TPSA) is 82.1 Å². The fourth-order valence-electron chi connectivity index (χ4n) is 3.00. The molecule has 2 aromatic carbocycles. The predicted molar refractivity (Wildman–Crippen MR) is 104 cm³/mol. The van der Waals surface area contributed by atoms with Crippen molar-refractivity contribution < 1.29 is 27.4 Å². The Morgan fingerprint density at radius 2 is 1.54 bits per heavy atom. The molecule has 3 rings (SSSR count). The van der Waals surface area contributed by atoms with E-state index in [4.69, 9.17) is 25.8 Å². The predicted octanol–water partition coefficient (Wildman–Crippen LogP) is 2.66. The summed E-state index contributed by atoms with van der Waals surface area (Å²) >= 11 is 5.82. The van der Waals surface area contributed by atoms with Crippen LogP contribution in [0.15, 0.2) is 41.3 Å². The summed E-state index contributed by atoms with van der Waals surface area (Å²) in [5, 5.41) is -0.188. The van der Waals surface area contributed by atoms with Gasteiger partial charge in [-0.25, -0.2) is 8.42 Å². The zero-order valence-electron chi connectivity index (χ0n) is 15.6. The fraction of sp³-hybridized carbons (Fsp3) is 0.316. The van der Waals surface area contributed by atoms with Gasteiger partial charge in [0.15, 0.2) is 21.3 Å². The summed E-state index contributed by atoms with van der Waals surface area (Å²) in [6.07, 6.45) is 0. The van der Waals surface area contributed by atoms with Crippen molar-refractivity contribution in [1.29, 1.82) is 0 Å². The first-order chi connectivity index (χ1) is 13.3. The van der Waals surface area contributed by atoms with Crippen molar-refractivity contribution in [3.63, 3.8) is 0 Å². The van der Waals surface area contributed by atoms with Crippen LogP contribution in [-0.2, 0) is 9.84 Å². The number of rotatable bonds is 6. The molecule has 0 unspecified atom stereocenters. The summed E-state index contributed by atoms with van der Waals surface area (Å²) in [7, 11) is 0.874. The number of nitrogens with zero attached hydrogens (tertiary/aromatic N) is 1. The fourth-order valence-corrected chi connectivity index (χ4v) is 4.78. The first-order valence-electron chi connectivity index (χ1n) is 8.40. The Morgan fingerprint density at radius 1 is 1.00 bits per heavy atom. The van der Waals surface area contributed by atoms with E-state index in [2.05, 4.69) is 0 Å². The van der Waals surface area contributed by atoms with Gasteiger partial charge in [0.1, 0.15) is 5.25 Å². The molecule has 0 saturated carbocycles. The average Bonchev–Trinajstić information content (AvgIpc) is 2.65. The summed E-state index contributed by atoms with van der Waals surface area (Å²) in [6, 6.07) is 9.11. The van der Waals surface area contributed by atoms with Crippen LogP contribution in [-0.4, -0.2) is 58.9 Å². The molecule has 1 fully saturated rings. The number of carbonyl (C=O) groups is 1. The number of amides is 1. The van der Waals surface area contributed by atoms with Crippen LogP contribution < -0.4 is 14.2 Å². The molecule has 2 aromatic rings. The maximum absolute atomic E-state index is 12.8. The monoisotopic (exact) mass is 425 g/mol. The van der Waals surface area contributed by atoms with Crippen molar-refractivity contribution >= 4 is 27.3 Å². The van der Waals surface area contributed by atoms with E-state index in [-0.39, 0.29) is 23.9 Å². The zero-order chi connectivity index (χ0) is 20.5. The molecule has 28 heavy (non-hydrogen) atoms. The third-order valence-corrected chi connectivity index (χ3v) is 6.98. The molecule has 1 heterocycles. The highest BCUT2D eigenvalue weighted by atomic mass is 35.5. The lowest BCUT2D eigenvalue weighted by Crippen LogP contribution is -2.56. The van der Waals surface area contributed by atoms with Crippen LogP contribution in [0.5, 0.6) is 17.2 Å². The Morgan fingerprint density at radius 3 is 2.00 bits per heavy atom. The van der Waals surface area contributed by atoms with Crippen LogP contribution in [0.3, 0.4) is 0 Å². The normalized spacial score (nSPS) is 14.4. The third-order valence-electron chi connectivity index (χ3n) is 4.63. The van der Waals surface area contributed by atoms with Crippen molar-refractivity contribution in [2.45, 2.75) is 10.1 Å². The van der Waals surface area contributed by atoms with Crippen LogP contribution in [0, 0.1) is 0 Å². The molecule has 0 atom stereocenters. The number of halogens is 1. The lowest BCUT2D eigenvalue weighted by Gasteiger charge is -2.38. The number of sulfone groups is 1. The van der Waals surface area contributed by atoms with Crippen LogP contribution in [0.4, 0.5) is 0 Å². The van der Waals surface area contributed by atoms with E-state index >= 15 is 0 Å². The van der Waals surface area contributed by atoms with Crippen molar-refractivity contribution in [3.05, 3.63) is 47.0 Å². The lowest BCUT2D eigenvalue weighted by molar-refractivity contribution is 0.0658. The van der Waals surface area contributed by atoms with Gasteiger partial charge in [-0.1, -0.05) is 11.6 Å². The first-order valence-corrected chi connectivity index (χ1v) is 10.3. The number of hydrogen-bond acceptors (Lipinski definition) is 6. The summed E-state index contributed by atoms with van der Waals surface area (Å²) in [5.74, 6) is 0.794. The van der Waals surface area contributed by atoms with Gasteiger partial charge in [0.05, 0.1) is 26.2 Å². The standard InChI is InChI=1S/C19H20ClNO6S/c1-25-16-8-12(9-17(26-2)18(16)27-3)19(22)21-10-15(11-21)28(23,24)14-6-4-13(20)5-7-14/h4-9,15H,10-11H2,1-3H3. The van der Waals surface area contributed by atoms with E-state index in [9.17, 15) is 13.2 Å². The Kier molecular flexibility index (Phi) is 5.71. The molecule has 1 aliphatic heterocycles. The molecule has 0 spiro atoms. The quantitative estimate of drug-likeness (QED) is 0.707. The number of likely N-dealkylation sites (tertiary alicyclic amines) is 1. The second-order valence-electron chi connectivity index (χ2n) is 6.25. The Balaban J connectivity index is 1.77. The molecule has 1 amide bonds. The summed E-state index contributed by atoms with van der Waals surface area (Å²) < 4.78 is 41.1. The molecule has 0 aliphatic carbocycles. The minimum atomic E-state index is -3.53. The van der Waals surface area contributed by atoms with E-state index in [0.717, 1.165) is 0 Å². The van der Waals surface area contributed by atoms with Crippen LogP contribution in [0.25, 0.3) is 0 Å². The van der Waals surface area contributed by atoms with E-state index in [0.29, 0.717) is 27.8 Å². The number of ether oxygens (including phenoxy) is 3. The molecule has 150 valence electrons. The van der Waals surface area contributed by atoms with Gasteiger partial charge in [0, 0.05) is 23.7 Å². The number of hydrogen-bond donors (Lipinski definition) is 0. The van der Waals surface area contributed by atoms with Gasteiger partial charge in [-0.2, -0.15) is 0 Å². The van der Waals surface area contributed by atoms with Gasteiger partial charge in [0.2, 0.25) is 5.75 Å². The zero-order valence-corrected chi connectivity index (χ0v) is 17.2. The van der Waals surface area contributed by atoms with E-state index in [1.165, 1.54) is 50.5 Å². The molecule has 0 N–H and O–H groups in total. The highest BCUT2D eigenvalue weighted by Crippen LogP contribution is 2.39. The van der Waals surface area contributed by atoms with Crippen LogP contribution >= 0.6 is 11.6 Å². The van der Waals surface area contributed by atoms with Gasteiger partial charge < -0.3 is 19.1 Å². The summed E-state index contributed by atoms with van der Waals surface area (Å²) in [5.41, 5.74) is 0.330. The molecular formula is C19H20ClNO6S. The number of carbonyl (C=O) groups excluding carboxylic acids is 1. The second-order valence-corrected chi connectivity index (χ2v) is 8.91. The number of benzene rings is 2. The molecule has 1 saturated heterocycles. The molecule has 9 heteroatoms. The lowest BCUT2D eigenvalue weighted by atomic mass is 10.1. The van der Waals surface area contributed by atoms with E-state index in [1.807, 2.05) is 0 Å². The summed E-state index contributed by atoms with van der Waals surface area (Å²) in [6.45, 7) is 0.223. The van der Waals surface area contributed by atoms with Crippen molar-refractivity contribution in [3.8, 4) is 17.2 Å². The van der Waals surface area contributed by atoms with Crippen molar-refractivity contribution in [2.75, 3.05) is 34.4 Å². The van der Waals surface area contributed by atoms with Gasteiger partial charge >= 0.3 is 0 Å². The molecule has 0 bridgehead atoms. The Hall–Kier alpha value is -2.45. The minimum Gasteiger partial charge on any atom is -0.493 e. The van der Waals surface area contributed by atoms with E-state index < -0.39 is 15.1 Å². The molecule has 7 nitrogen and oxygen atoms in total. The second kappa shape index (κ2) is 7.89.